The predicted molar refractivity (Wildman–Crippen MR) is 54.9 cm³/mol. The van der Waals surface area contributed by atoms with Gasteiger partial charge in [-0.1, -0.05) is 18.2 Å². The average molecular weight is 193 g/mol. The predicted octanol–water partition coefficient (Wildman–Crippen LogP) is 1.57. The zero-order valence-corrected chi connectivity index (χ0v) is 8.11. The minimum Gasteiger partial charge on any atom is -0.399 e. The molecule has 0 amide bonds. The lowest BCUT2D eigenvalue weighted by Crippen LogP contribution is -2.27. The van der Waals surface area contributed by atoms with E-state index in [1.165, 1.54) is 0 Å². The summed E-state index contributed by atoms with van der Waals surface area (Å²) in [5.41, 5.74) is 7.73. The SMILES string of the molecule is Nc1ccccc1CC1OCCCO1. The van der Waals surface area contributed by atoms with Gasteiger partial charge in [-0.2, -0.15) is 0 Å². The van der Waals surface area contributed by atoms with Crippen molar-refractivity contribution in [3.63, 3.8) is 0 Å². The summed E-state index contributed by atoms with van der Waals surface area (Å²) in [4.78, 5) is 0. The van der Waals surface area contributed by atoms with Gasteiger partial charge in [0, 0.05) is 12.1 Å². The van der Waals surface area contributed by atoms with Crippen LogP contribution in [0.2, 0.25) is 0 Å². The highest BCUT2D eigenvalue weighted by Crippen LogP contribution is 2.16. The maximum atomic E-state index is 5.83. The largest absolute Gasteiger partial charge is 0.399 e. The molecule has 1 aliphatic heterocycles. The first-order chi connectivity index (χ1) is 6.86. The lowest BCUT2D eigenvalue weighted by molar-refractivity contribution is -0.176. The third kappa shape index (κ3) is 2.25. The molecule has 0 radical (unpaired) electrons. The van der Waals surface area contributed by atoms with Gasteiger partial charge in [-0.3, -0.25) is 0 Å². The summed E-state index contributed by atoms with van der Waals surface area (Å²) in [6, 6.07) is 7.82. The first kappa shape index (κ1) is 9.49. The Morgan fingerprint density at radius 1 is 1.21 bits per heavy atom. The number of anilines is 1. The van der Waals surface area contributed by atoms with Crippen LogP contribution < -0.4 is 5.73 Å². The molecule has 0 unspecified atom stereocenters. The smallest absolute Gasteiger partial charge is 0.161 e. The monoisotopic (exact) mass is 193 g/mol. The Hall–Kier alpha value is -1.06. The molecule has 0 atom stereocenters. The van der Waals surface area contributed by atoms with Crippen molar-refractivity contribution in [2.24, 2.45) is 0 Å². The molecule has 1 saturated heterocycles. The van der Waals surface area contributed by atoms with Gasteiger partial charge in [-0.25, -0.2) is 0 Å². The summed E-state index contributed by atoms with van der Waals surface area (Å²) >= 11 is 0. The van der Waals surface area contributed by atoms with E-state index in [1.807, 2.05) is 24.3 Å². The Morgan fingerprint density at radius 3 is 2.64 bits per heavy atom. The summed E-state index contributed by atoms with van der Waals surface area (Å²) in [6.45, 7) is 1.58. The Morgan fingerprint density at radius 2 is 1.93 bits per heavy atom. The first-order valence-corrected chi connectivity index (χ1v) is 4.93. The van der Waals surface area contributed by atoms with E-state index in [2.05, 4.69) is 0 Å². The summed E-state index contributed by atoms with van der Waals surface area (Å²) in [5.74, 6) is 0. The Labute approximate surface area is 83.8 Å². The quantitative estimate of drug-likeness (QED) is 0.725. The van der Waals surface area contributed by atoms with Crippen molar-refractivity contribution >= 4 is 5.69 Å². The number of para-hydroxylation sites is 1. The van der Waals surface area contributed by atoms with E-state index in [0.717, 1.165) is 37.3 Å². The van der Waals surface area contributed by atoms with Crippen molar-refractivity contribution in [2.45, 2.75) is 19.1 Å². The molecule has 0 bridgehead atoms. The standard InChI is InChI=1S/C11H15NO2/c12-10-5-2-1-4-9(10)8-11-13-6-3-7-14-11/h1-2,4-5,11H,3,6-8,12H2. The molecule has 0 spiro atoms. The van der Waals surface area contributed by atoms with Crippen LogP contribution in [0, 0.1) is 0 Å². The molecule has 2 rings (SSSR count). The van der Waals surface area contributed by atoms with Crippen LogP contribution in [0.25, 0.3) is 0 Å². The van der Waals surface area contributed by atoms with Crippen LogP contribution >= 0.6 is 0 Å². The third-order valence-electron chi connectivity index (χ3n) is 2.34. The number of benzene rings is 1. The van der Waals surface area contributed by atoms with Crippen LogP contribution in [0.15, 0.2) is 24.3 Å². The molecule has 0 aromatic heterocycles. The minimum atomic E-state index is -0.117. The number of hydrogen-bond acceptors (Lipinski definition) is 3. The number of nitrogen functional groups attached to an aromatic ring is 1. The lowest BCUT2D eigenvalue weighted by Gasteiger charge is -2.23. The molecule has 1 heterocycles. The van der Waals surface area contributed by atoms with Crippen LogP contribution in [0.1, 0.15) is 12.0 Å². The van der Waals surface area contributed by atoms with Crippen molar-refractivity contribution in [2.75, 3.05) is 18.9 Å². The van der Waals surface area contributed by atoms with Gasteiger partial charge in [0.05, 0.1) is 13.2 Å². The van der Waals surface area contributed by atoms with E-state index in [0.29, 0.717) is 0 Å². The maximum Gasteiger partial charge on any atom is 0.161 e. The molecule has 3 heteroatoms. The number of ether oxygens (including phenoxy) is 2. The van der Waals surface area contributed by atoms with Gasteiger partial charge < -0.3 is 15.2 Å². The van der Waals surface area contributed by atoms with Gasteiger partial charge in [-0.15, -0.1) is 0 Å². The topological polar surface area (TPSA) is 44.5 Å². The second-order valence-corrected chi connectivity index (χ2v) is 3.43. The fourth-order valence-corrected chi connectivity index (χ4v) is 1.55. The Balaban J connectivity index is 1.99. The van der Waals surface area contributed by atoms with Gasteiger partial charge in [0.15, 0.2) is 6.29 Å². The van der Waals surface area contributed by atoms with Gasteiger partial charge in [0.25, 0.3) is 0 Å². The van der Waals surface area contributed by atoms with Crippen LogP contribution in [0.3, 0.4) is 0 Å². The molecule has 14 heavy (non-hydrogen) atoms. The molecule has 0 aliphatic carbocycles. The molecule has 2 N–H and O–H groups in total. The van der Waals surface area contributed by atoms with E-state index < -0.39 is 0 Å². The van der Waals surface area contributed by atoms with Gasteiger partial charge >= 0.3 is 0 Å². The summed E-state index contributed by atoms with van der Waals surface area (Å²) in [5, 5.41) is 0. The van der Waals surface area contributed by atoms with E-state index in [9.17, 15) is 0 Å². The van der Waals surface area contributed by atoms with Crippen molar-refractivity contribution in [3.8, 4) is 0 Å². The lowest BCUT2D eigenvalue weighted by atomic mass is 10.1. The van der Waals surface area contributed by atoms with Gasteiger partial charge in [0.1, 0.15) is 0 Å². The summed E-state index contributed by atoms with van der Waals surface area (Å²) < 4.78 is 10.9. The third-order valence-corrected chi connectivity index (χ3v) is 2.34. The molecule has 76 valence electrons. The zero-order valence-electron chi connectivity index (χ0n) is 8.11. The van der Waals surface area contributed by atoms with Crippen molar-refractivity contribution < 1.29 is 9.47 Å². The molecule has 1 fully saturated rings. The highest BCUT2D eigenvalue weighted by Gasteiger charge is 2.15. The number of hydrogen-bond donors (Lipinski definition) is 1. The number of rotatable bonds is 2. The molecule has 3 nitrogen and oxygen atoms in total. The summed E-state index contributed by atoms with van der Waals surface area (Å²) in [7, 11) is 0. The molecule has 1 aromatic rings. The highest BCUT2D eigenvalue weighted by atomic mass is 16.7. The zero-order chi connectivity index (χ0) is 9.80. The minimum absolute atomic E-state index is 0.117. The molecular weight excluding hydrogens is 178 g/mol. The average Bonchev–Trinajstić information content (AvgIpc) is 2.23. The second-order valence-electron chi connectivity index (χ2n) is 3.43. The molecular formula is C11H15NO2. The molecule has 1 aromatic carbocycles. The molecule has 0 saturated carbocycles. The maximum absolute atomic E-state index is 5.83. The van der Waals surface area contributed by atoms with E-state index in [4.69, 9.17) is 15.2 Å². The normalized spacial score (nSPS) is 18.3. The van der Waals surface area contributed by atoms with Gasteiger partial charge in [-0.05, 0) is 18.1 Å². The van der Waals surface area contributed by atoms with Crippen LogP contribution in [-0.2, 0) is 15.9 Å². The van der Waals surface area contributed by atoms with Gasteiger partial charge in [0.2, 0.25) is 0 Å². The highest BCUT2D eigenvalue weighted by molar-refractivity contribution is 5.46. The van der Waals surface area contributed by atoms with E-state index in [-0.39, 0.29) is 6.29 Å². The van der Waals surface area contributed by atoms with E-state index >= 15 is 0 Å². The van der Waals surface area contributed by atoms with Crippen LogP contribution in [0.4, 0.5) is 5.69 Å². The Kier molecular flexibility index (Phi) is 3.01. The summed E-state index contributed by atoms with van der Waals surface area (Å²) in [6.07, 6.45) is 1.61. The Bertz CT molecular complexity index is 295. The fraction of sp³-hybridized carbons (Fsp3) is 0.455. The number of nitrogens with two attached hydrogens (primary N) is 1. The molecule has 1 aliphatic rings. The van der Waals surface area contributed by atoms with Crippen molar-refractivity contribution in [1.82, 2.24) is 0 Å². The van der Waals surface area contributed by atoms with Crippen molar-refractivity contribution in [3.05, 3.63) is 29.8 Å². The van der Waals surface area contributed by atoms with Crippen LogP contribution in [-0.4, -0.2) is 19.5 Å². The van der Waals surface area contributed by atoms with Crippen molar-refractivity contribution in [1.29, 1.82) is 0 Å². The second kappa shape index (κ2) is 4.44. The van der Waals surface area contributed by atoms with Crippen LogP contribution in [0.5, 0.6) is 0 Å². The fourth-order valence-electron chi connectivity index (χ4n) is 1.55. The van der Waals surface area contributed by atoms with E-state index in [1.54, 1.807) is 0 Å². The first-order valence-electron chi connectivity index (χ1n) is 4.93.